The van der Waals surface area contributed by atoms with Crippen LogP contribution in [0.5, 0.6) is 23.0 Å². The molecule has 1 saturated heterocycles. The number of hydrogen-bond acceptors (Lipinski definition) is 18. The minimum Gasteiger partial charge on any atom is -0.507 e. The number of carbonyl (C=O) groups excluding carboxylic acids is 4. The van der Waals surface area contributed by atoms with Crippen LogP contribution in [0.2, 0.25) is 0 Å². The maximum absolute atomic E-state index is 14.6. The third-order valence-electron chi connectivity index (χ3n) is 13.0. The summed E-state index contributed by atoms with van der Waals surface area (Å²) in [5, 5.41) is 60.1. The first-order valence-electron chi connectivity index (χ1n) is 22.6. The molecular formula is C49H63N5O14. The summed E-state index contributed by atoms with van der Waals surface area (Å²) in [6.45, 7) is 18.3. The highest BCUT2D eigenvalue weighted by atomic mass is 16.7. The predicted molar refractivity (Wildman–Crippen MR) is 249 cm³/mol. The van der Waals surface area contributed by atoms with E-state index in [2.05, 4.69) is 20.5 Å². The van der Waals surface area contributed by atoms with Gasteiger partial charge in [-0.3, -0.25) is 29.1 Å². The fourth-order valence-electron chi connectivity index (χ4n) is 9.13. The second kappa shape index (κ2) is 20.8. The number of ether oxygens (including phenoxy) is 5. The van der Waals surface area contributed by atoms with Crippen LogP contribution in [-0.4, -0.2) is 129 Å². The number of nitrogens with one attached hydrogen (secondary N) is 1. The number of nitrogens with zero attached hydrogens (tertiary/aromatic N) is 4. The van der Waals surface area contributed by atoms with Crippen molar-refractivity contribution in [2.45, 2.75) is 106 Å². The van der Waals surface area contributed by atoms with Gasteiger partial charge in [0, 0.05) is 100 Å². The van der Waals surface area contributed by atoms with Gasteiger partial charge in [0.1, 0.15) is 29.5 Å². The number of methoxy groups -OCH3 is 1. The van der Waals surface area contributed by atoms with Gasteiger partial charge in [0.05, 0.1) is 59.1 Å². The minimum absolute atomic E-state index is 0.0325. The Hall–Kier alpha value is -6.44. The van der Waals surface area contributed by atoms with E-state index >= 15 is 0 Å². The van der Waals surface area contributed by atoms with Crippen LogP contribution in [0.25, 0.3) is 10.8 Å². The van der Waals surface area contributed by atoms with Gasteiger partial charge in [-0.1, -0.05) is 51.1 Å². The van der Waals surface area contributed by atoms with Crippen molar-refractivity contribution in [3.05, 3.63) is 70.4 Å². The molecule has 0 aliphatic carbocycles. The van der Waals surface area contributed by atoms with Gasteiger partial charge in [-0.05, 0) is 26.8 Å². The van der Waals surface area contributed by atoms with Gasteiger partial charge < -0.3 is 54.0 Å². The maximum atomic E-state index is 14.6. The number of allylic oxidation sites excluding steroid dienone is 2. The number of piperazine rings is 1. The number of fused-ring (bicyclic) bond motifs is 14. The number of hydrazone groups is 1. The highest BCUT2D eigenvalue weighted by molar-refractivity contribution is 6.23. The first kappa shape index (κ1) is 51.0. The maximum Gasteiger partial charge on any atom is 0.312 e. The van der Waals surface area contributed by atoms with Gasteiger partial charge >= 0.3 is 17.7 Å². The standard InChI is InChI=1S/C49H63N5O14/c1-24-13-12-14-25(2)48(62)51-39-34(22-50-54-18-16-53(17-19-54)23-33-21-26(3)52-68-33)42(59)36-37(43(39)60)41(58)29(6)46-38(36)47(61)49(10,67-46)64-20-15-35(63-11)27(4)44(65-31(8)55)30(7)45(66-32(9)56)28(5)40(24)57/h12-15,20-22,24,27-28,30,35,40,44-45,57-60H,16-19,23H2,1-11H3,(H,51,62)/b13-12+,20-15+,25-14-,50-22+/t24-,27+,28+,30-,35-,40-,44+,45+,49-/m0/s1. The molecule has 5 N–H and O–H groups in total. The number of aromatic nitrogens is 1. The molecule has 68 heavy (non-hydrogen) atoms. The Bertz CT molecular complexity index is 2540. The second-order valence-corrected chi connectivity index (χ2v) is 18.1. The van der Waals surface area contributed by atoms with E-state index in [0.717, 1.165) is 11.5 Å². The lowest BCUT2D eigenvalue weighted by Gasteiger charge is -2.39. The number of ketones is 1. The lowest BCUT2D eigenvalue weighted by atomic mass is 9.78. The molecule has 2 aromatic carbocycles. The summed E-state index contributed by atoms with van der Waals surface area (Å²) in [5.41, 5.74) is 0.275. The van der Waals surface area contributed by atoms with E-state index in [9.17, 15) is 39.6 Å². The number of anilines is 1. The Morgan fingerprint density at radius 1 is 0.926 bits per heavy atom. The van der Waals surface area contributed by atoms with Crippen molar-refractivity contribution in [1.29, 1.82) is 0 Å². The number of hydrogen-bond donors (Lipinski definition) is 5. The second-order valence-electron chi connectivity index (χ2n) is 18.1. The Balaban J connectivity index is 1.47. The van der Waals surface area contributed by atoms with Crippen LogP contribution in [0.4, 0.5) is 5.69 Å². The average Bonchev–Trinajstić information content (AvgIpc) is 3.82. The topological polar surface area (TPSA) is 252 Å². The fourth-order valence-corrected chi connectivity index (χ4v) is 9.13. The van der Waals surface area contributed by atoms with E-state index in [-0.39, 0.29) is 44.5 Å². The lowest BCUT2D eigenvalue weighted by molar-refractivity contribution is -0.171. The quantitative estimate of drug-likeness (QED) is 0.0815. The molecule has 7 rings (SSSR count). The number of rotatable bonds is 7. The molecular weight excluding hydrogens is 883 g/mol. The number of Topliss-reactive ketones (excluding diaryl/α,β-unsaturated/α-hetero) is 1. The fraction of sp³-hybridized carbons (Fsp3) is 0.510. The van der Waals surface area contributed by atoms with Crippen LogP contribution in [0.15, 0.2) is 51.8 Å². The van der Waals surface area contributed by atoms with Crippen molar-refractivity contribution in [3.63, 3.8) is 0 Å². The first-order chi connectivity index (χ1) is 32.1. The molecule has 0 unspecified atom stereocenters. The summed E-state index contributed by atoms with van der Waals surface area (Å²) in [4.78, 5) is 55.9. The van der Waals surface area contributed by atoms with Crippen LogP contribution >= 0.6 is 0 Å². The highest BCUT2D eigenvalue weighted by Gasteiger charge is 2.50. The Kier molecular flexibility index (Phi) is 15.6. The van der Waals surface area contributed by atoms with Gasteiger partial charge in [-0.25, -0.2) is 0 Å². The predicted octanol–water partition coefficient (Wildman–Crippen LogP) is 5.77. The Morgan fingerprint density at radius 3 is 2.18 bits per heavy atom. The number of aryl methyl sites for hydroxylation is 1. The van der Waals surface area contributed by atoms with Crippen LogP contribution in [0, 0.1) is 37.5 Å². The molecule has 19 nitrogen and oxygen atoms in total. The zero-order valence-corrected chi connectivity index (χ0v) is 40.4. The molecule has 368 valence electrons. The molecule has 5 heterocycles. The summed E-state index contributed by atoms with van der Waals surface area (Å²) in [5.74, 6) is -8.59. The smallest absolute Gasteiger partial charge is 0.312 e. The summed E-state index contributed by atoms with van der Waals surface area (Å²) in [6.07, 6.45) is 4.84. The molecule has 1 aromatic heterocycles. The Labute approximate surface area is 395 Å². The van der Waals surface area contributed by atoms with E-state index in [1.54, 1.807) is 44.9 Å². The number of aliphatic hydroxyl groups is 1. The monoisotopic (exact) mass is 945 g/mol. The highest BCUT2D eigenvalue weighted by Crippen LogP contribution is 2.55. The zero-order valence-electron chi connectivity index (χ0n) is 40.4. The van der Waals surface area contributed by atoms with Crippen LogP contribution < -0.4 is 10.1 Å². The van der Waals surface area contributed by atoms with Gasteiger partial charge in [0.15, 0.2) is 11.5 Å². The summed E-state index contributed by atoms with van der Waals surface area (Å²) < 4.78 is 35.1. The lowest BCUT2D eigenvalue weighted by Crippen LogP contribution is -2.48. The van der Waals surface area contributed by atoms with Crippen molar-refractivity contribution in [1.82, 2.24) is 15.1 Å². The number of phenols is 3. The van der Waals surface area contributed by atoms with Crippen LogP contribution in [0.1, 0.15) is 88.3 Å². The number of aromatic hydroxyl groups is 3. The van der Waals surface area contributed by atoms with Crippen molar-refractivity contribution in [2.24, 2.45) is 28.8 Å². The molecule has 4 aliphatic heterocycles. The largest absolute Gasteiger partial charge is 0.507 e. The molecule has 0 spiro atoms. The van der Waals surface area contributed by atoms with Gasteiger partial charge in [-0.15, -0.1) is 0 Å². The number of phenolic OH excluding ortho intramolecular Hbond substituents is 3. The van der Waals surface area contributed by atoms with E-state index in [4.69, 9.17) is 28.2 Å². The van der Waals surface area contributed by atoms with Gasteiger partial charge in [0.25, 0.3) is 11.7 Å². The molecule has 3 aromatic rings. The van der Waals surface area contributed by atoms with E-state index < -0.39 is 94.8 Å². The third-order valence-corrected chi connectivity index (χ3v) is 13.0. The number of amides is 1. The average molecular weight is 946 g/mol. The molecule has 4 aliphatic rings. The van der Waals surface area contributed by atoms with E-state index in [1.807, 2.05) is 13.0 Å². The van der Waals surface area contributed by atoms with Gasteiger partial charge in [-0.2, -0.15) is 5.10 Å². The summed E-state index contributed by atoms with van der Waals surface area (Å²) in [7, 11) is 1.43. The normalized spacial score (nSPS) is 29.3. The van der Waals surface area contributed by atoms with E-state index in [0.29, 0.717) is 32.7 Å². The number of aliphatic hydroxyl groups excluding tert-OH is 1. The van der Waals surface area contributed by atoms with Gasteiger partial charge in [0.2, 0.25) is 0 Å². The van der Waals surface area contributed by atoms with Crippen LogP contribution in [0.3, 0.4) is 0 Å². The van der Waals surface area contributed by atoms with Crippen LogP contribution in [-0.2, 0) is 39.9 Å². The summed E-state index contributed by atoms with van der Waals surface area (Å²) >= 11 is 0. The summed E-state index contributed by atoms with van der Waals surface area (Å²) in [6, 6.07) is 1.87. The van der Waals surface area contributed by atoms with Crippen molar-refractivity contribution >= 4 is 46.3 Å². The molecule has 0 radical (unpaired) electrons. The molecule has 9 atom stereocenters. The third kappa shape index (κ3) is 10.5. The molecule has 1 amide bonds. The molecule has 1 fully saturated rings. The minimum atomic E-state index is -2.09. The zero-order chi connectivity index (χ0) is 49.9. The number of esters is 2. The number of carbonyl (C=O) groups is 4. The molecule has 19 heteroatoms. The Morgan fingerprint density at radius 2 is 1.57 bits per heavy atom. The van der Waals surface area contributed by atoms with Crippen molar-refractivity contribution in [3.8, 4) is 23.0 Å². The molecule has 0 saturated carbocycles. The molecule has 5 bridgehead atoms. The number of benzene rings is 2. The SMILES string of the molecule is CO[C@H]1/C=C/O[C@@]2(C)Oc3c(C)c(O)c4c(O)c(c(/C=N/N5CCN(Cc6cc(C)no6)CC5)c(O)c4c3C2=O)NC(=O)/C(C)=C\C=C\[C@H](C)[C@H](O)[C@@H](C)[C@@H](OC(C)=O)[C@@H](C)[C@H](OC(C)=O)[C@@H]1C. The van der Waals surface area contributed by atoms with Crippen molar-refractivity contribution in [2.75, 3.05) is 38.6 Å². The van der Waals surface area contributed by atoms with E-state index in [1.165, 1.54) is 66.4 Å². The first-order valence-corrected chi connectivity index (χ1v) is 22.6. The van der Waals surface area contributed by atoms with Crippen molar-refractivity contribution < 1.29 is 67.8 Å².